The second-order valence-corrected chi connectivity index (χ2v) is 4.60. The van der Waals surface area contributed by atoms with Crippen LogP contribution in [0.2, 0.25) is 0 Å². The fraction of sp³-hybridized carbons (Fsp3) is 0.500. The fourth-order valence-corrected chi connectivity index (χ4v) is 1.96. The molecular formula is C12H14F3NO2. The van der Waals surface area contributed by atoms with Crippen molar-refractivity contribution in [1.82, 2.24) is 4.90 Å². The molecular weight excluding hydrogens is 247 g/mol. The van der Waals surface area contributed by atoms with Crippen LogP contribution in [0.25, 0.3) is 0 Å². The van der Waals surface area contributed by atoms with Crippen LogP contribution in [0.1, 0.15) is 22.8 Å². The number of hydrogen-bond acceptors (Lipinski definition) is 3. The highest BCUT2D eigenvalue weighted by molar-refractivity contribution is 5.49. The predicted molar refractivity (Wildman–Crippen MR) is 59.1 cm³/mol. The molecule has 1 fully saturated rings. The molecule has 0 radical (unpaired) electrons. The van der Waals surface area contributed by atoms with Crippen LogP contribution >= 0.6 is 0 Å². The van der Waals surface area contributed by atoms with Gasteiger partial charge in [-0.1, -0.05) is 6.07 Å². The highest BCUT2D eigenvalue weighted by atomic mass is 19.4. The largest absolute Gasteiger partial charge is 0.507 e. The van der Waals surface area contributed by atoms with Crippen LogP contribution in [-0.2, 0) is 10.9 Å². The lowest BCUT2D eigenvalue weighted by atomic mass is 9.99. The molecule has 1 heterocycles. The van der Waals surface area contributed by atoms with E-state index >= 15 is 0 Å². The first-order valence-corrected chi connectivity index (χ1v) is 5.45. The highest BCUT2D eigenvalue weighted by Crippen LogP contribution is 2.49. The van der Waals surface area contributed by atoms with E-state index in [1.165, 1.54) is 6.07 Å². The van der Waals surface area contributed by atoms with E-state index in [0.717, 1.165) is 6.07 Å². The Hall–Kier alpha value is -1.27. The quantitative estimate of drug-likeness (QED) is 0.831. The van der Waals surface area contributed by atoms with Crippen LogP contribution in [0, 0.1) is 6.92 Å². The average molecular weight is 261 g/mol. The molecule has 0 aliphatic carbocycles. The minimum absolute atomic E-state index is 0.166. The first-order chi connectivity index (χ1) is 8.23. The highest BCUT2D eigenvalue weighted by Gasteiger charge is 2.48. The number of epoxide rings is 1. The van der Waals surface area contributed by atoms with Gasteiger partial charge in [-0.15, -0.1) is 0 Å². The molecule has 1 aliphatic rings. The molecule has 0 saturated carbocycles. The van der Waals surface area contributed by atoms with E-state index in [2.05, 4.69) is 0 Å². The average Bonchev–Trinajstić information content (AvgIpc) is 2.99. The van der Waals surface area contributed by atoms with Gasteiger partial charge in [0.1, 0.15) is 18.1 Å². The second-order valence-electron chi connectivity index (χ2n) is 4.60. The third-order valence-corrected chi connectivity index (χ3v) is 2.99. The van der Waals surface area contributed by atoms with Crippen LogP contribution in [0.5, 0.6) is 5.75 Å². The van der Waals surface area contributed by atoms with Gasteiger partial charge < -0.3 is 9.84 Å². The van der Waals surface area contributed by atoms with E-state index in [9.17, 15) is 18.3 Å². The number of aryl methyl sites for hydroxylation is 1. The molecule has 100 valence electrons. The van der Waals surface area contributed by atoms with Crippen molar-refractivity contribution in [2.24, 2.45) is 0 Å². The van der Waals surface area contributed by atoms with Crippen molar-refractivity contribution in [2.45, 2.75) is 25.4 Å². The Morgan fingerprint density at radius 3 is 2.33 bits per heavy atom. The second kappa shape index (κ2) is 4.13. The third kappa shape index (κ3) is 2.18. The number of ether oxygens (including phenoxy) is 1. The first kappa shape index (κ1) is 13.2. The zero-order valence-electron chi connectivity index (χ0n) is 10.2. The number of halogens is 3. The summed E-state index contributed by atoms with van der Waals surface area (Å²) in [6.07, 6.45) is -5.64. The van der Waals surface area contributed by atoms with Gasteiger partial charge in [-0.25, -0.2) is 0 Å². The van der Waals surface area contributed by atoms with E-state index in [4.69, 9.17) is 4.74 Å². The smallest absolute Gasteiger partial charge is 0.416 e. The summed E-state index contributed by atoms with van der Waals surface area (Å²) in [5.41, 5.74) is -0.591. The predicted octanol–water partition coefficient (Wildman–Crippen LogP) is 2.68. The van der Waals surface area contributed by atoms with Crippen LogP contribution in [0.4, 0.5) is 13.2 Å². The number of nitrogens with zero attached hydrogens (tertiary/aromatic N) is 1. The Balaban J connectivity index is 2.48. The monoisotopic (exact) mass is 261 g/mol. The fourth-order valence-electron chi connectivity index (χ4n) is 1.96. The molecule has 1 N–H and O–H groups in total. The topological polar surface area (TPSA) is 36.0 Å². The van der Waals surface area contributed by atoms with Gasteiger partial charge in [0.2, 0.25) is 0 Å². The molecule has 2 unspecified atom stereocenters. The summed E-state index contributed by atoms with van der Waals surface area (Å²) in [6, 6.07) is 2.24. The maximum absolute atomic E-state index is 12.9. The van der Waals surface area contributed by atoms with Crippen LogP contribution in [0.3, 0.4) is 0 Å². The molecule has 3 nitrogen and oxygen atoms in total. The van der Waals surface area contributed by atoms with Crippen LogP contribution in [-0.4, -0.2) is 30.3 Å². The maximum atomic E-state index is 12.9. The van der Waals surface area contributed by atoms with Crippen molar-refractivity contribution in [3.05, 3.63) is 28.8 Å². The van der Waals surface area contributed by atoms with Crippen molar-refractivity contribution in [3.63, 3.8) is 0 Å². The number of likely N-dealkylation sites (N-methyl/N-ethyl adjacent to an activating group) is 1. The summed E-state index contributed by atoms with van der Waals surface area (Å²) in [6.45, 7) is 1.56. The number of phenolic OH excluding ortho intramolecular Hbond substituents is 1. The minimum Gasteiger partial charge on any atom is -0.507 e. The Bertz CT molecular complexity index is 471. The minimum atomic E-state index is -4.50. The van der Waals surface area contributed by atoms with Gasteiger partial charge in [-0.2, -0.15) is 13.2 Å². The zero-order valence-corrected chi connectivity index (χ0v) is 10.2. The maximum Gasteiger partial charge on any atom is 0.416 e. The van der Waals surface area contributed by atoms with Gasteiger partial charge in [0.25, 0.3) is 0 Å². The molecule has 18 heavy (non-hydrogen) atoms. The summed E-state index contributed by atoms with van der Waals surface area (Å²) < 4.78 is 43.9. The summed E-state index contributed by atoms with van der Waals surface area (Å²) in [4.78, 5) is 1.67. The number of benzene rings is 1. The molecule has 1 aromatic rings. The number of phenols is 1. The van der Waals surface area contributed by atoms with Gasteiger partial charge >= 0.3 is 6.18 Å². The van der Waals surface area contributed by atoms with Crippen molar-refractivity contribution in [2.75, 3.05) is 14.1 Å². The molecule has 1 saturated heterocycles. The first-order valence-electron chi connectivity index (χ1n) is 5.45. The normalized spacial score (nSPS) is 23.5. The summed E-state index contributed by atoms with van der Waals surface area (Å²) in [5, 5.41) is 9.85. The SMILES string of the molecule is Cc1ccc(C(F)(F)F)c(C2OC2N(C)C)c1O. The zero-order chi connectivity index (χ0) is 13.7. The lowest BCUT2D eigenvalue weighted by Crippen LogP contribution is -2.17. The van der Waals surface area contributed by atoms with E-state index in [0.29, 0.717) is 5.56 Å². The van der Waals surface area contributed by atoms with E-state index in [1.54, 1.807) is 25.9 Å². The molecule has 0 amide bonds. The third-order valence-electron chi connectivity index (χ3n) is 2.99. The molecule has 1 aromatic carbocycles. The van der Waals surface area contributed by atoms with E-state index in [1.807, 2.05) is 0 Å². The molecule has 0 spiro atoms. The standard InChI is InChI=1S/C12H14F3NO2/c1-6-4-5-7(12(13,14)15)8(9(6)17)10-11(18-10)16(2)3/h4-5,10-11,17H,1-3H3. The van der Waals surface area contributed by atoms with Crippen molar-refractivity contribution in [1.29, 1.82) is 0 Å². The Labute approximate surface area is 103 Å². The lowest BCUT2D eigenvalue weighted by molar-refractivity contribution is -0.138. The van der Waals surface area contributed by atoms with Gasteiger partial charge in [0.15, 0.2) is 0 Å². The van der Waals surface area contributed by atoms with Crippen LogP contribution in [0.15, 0.2) is 12.1 Å². The number of aromatic hydroxyl groups is 1. The van der Waals surface area contributed by atoms with E-state index in [-0.39, 0.29) is 11.3 Å². The Morgan fingerprint density at radius 1 is 1.28 bits per heavy atom. The number of rotatable bonds is 2. The van der Waals surface area contributed by atoms with Gasteiger partial charge in [0, 0.05) is 5.56 Å². The van der Waals surface area contributed by atoms with Crippen molar-refractivity contribution in [3.8, 4) is 5.75 Å². The molecule has 0 aromatic heterocycles. The number of hydrogen-bond donors (Lipinski definition) is 1. The molecule has 2 atom stereocenters. The summed E-state index contributed by atoms with van der Waals surface area (Å²) >= 11 is 0. The Morgan fingerprint density at radius 2 is 1.89 bits per heavy atom. The number of alkyl halides is 3. The molecule has 1 aliphatic heterocycles. The molecule has 2 rings (SSSR count). The van der Waals surface area contributed by atoms with Gasteiger partial charge in [-0.3, -0.25) is 4.90 Å². The molecule has 0 bridgehead atoms. The van der Waals surface area contributed by atoms with Crippen molar-refractivity contribution < 1.29 is 23.0 Å². The Kier molecular flexibility index (Phi) is 3.03. The van der Waals surface area contributed by atoms with Crippen molar-refractivity contribution >= 4 is 0 Å². The summed E-state index contributed by atoms with van der Waals surface area (Å²) in [7, 11) is 3.43. The van der Waals surface area contributed by atoms with Gasteiger partial charge in [-0.05, 0) is 32.6 Å². The lowest BCUT2D eigenvalue weighted by Gasteiger charge is -2.15. The summed E-state index contributed by atoms with van der Waals surface area (Å²) in [5.74, 6) is -0.334. The van der Waals surface area contributed by atoms with Crippen LogP contribution < -0.4 is 0 Å². The molecule has 6 heteroatoms. The van der Waals surface area contributed by atoms with Gasteiger partial charge in [0.05, 0.1) is 5.56 Å². The van der Waals surface area contributed by atoms with E-state index < -0.39 is 24.1 Å².